The molecule has 4 heteroatoms. The molecule has 0 fully saturated rings. The van der Waals surface area contributed by atoms with E-state index in [1.807, 2.05) is 12.1 Å². The average Bonchev–Trinajstić information content (AvgIpc) is 1.94. The molecule has 0 saturated carbocycles. The van der Waals surface area contributed by atoms with E-state index in [1.54, 1.807) is 12.1 Å². The van der Waals surface area contributed by atoms with Crippen molar-refractivity contribution in [3.8, 4) is 5.75 Å². The molecule has 0 bridgehead atoms. The second-order valence-electron chi connectivity index (χ2n) is 1.74. The van der Waals surface area contributed by atoms with Crippen molar-refractivity contribution < 1.29 is 31.6 Å². The molecule has 0 unspecified atom stereocenters. The van der Waals surface area contributed by atoms with Crippen molar-refractivity contribution in [1.29, 1.82) is 0 Å². The van der Waals surface area contributed by atoms with Gasteiger partial charge in [-0.05, 0) is 0 Å². The number of hydrogen-bond acceptors (Lipinski definition) is 3. The molecule has 50 valence electrons. The fourth-order valence-corrected chi connectivity index (χ4v) is 5.65. The van der Waals surface area contributed by atoms with Crippen molar-refractivity contribution in [2.75, 3.05) is 0 Å². The molecular formula is C6H6HgO2S. The van der Waals surface area contributed by atoms with Crippen molar-refractivity contribution in [3.63, 3.8) is 0 Å². The van der Waals surface area contributed by atoms with Crippen LogP contribution in [-0.4, -0.2) is 8.12 Å². The summed E-state index contributed by atoms with van der Waals surface area (Å²) in [4.78, 5) is 0.812. The quantitative estimate of drug-likeness (QED) is 0.798. The molecule has 0 aliphatic carbocycles. The molecule has 1 aromatic rings. The van der Waals surface area contributed by atoms with Crippen molar-refractivity contribution in [1.82, 2.24) is 0 Å². The van der Waals surface area contributed by atoms with Crippen LogP contribution < -0.4 is 0 Å². The number of benzene rings is 1. The predicted octanol–water partition coefficient (Wildman–Crippen LogP) is 1.39. The molecule has 1 rings (SSSR count). The molecule has 0 atom stereocenters. The summed E-state index contributed by atoms with van der Waals surface area (Å²) in [6.45, 7) is 0. The van der Waals surface area contributed by atoms with Gasteiger partial charge in [0.05, 0.1) is 0 Å². The molecule has 0 amide bonds. The Morgan fingerprint density at radius 1 is 1.30 bits per heavy atom. The van der Waals surface area contributed by atoms with Crippen LogP contribution in [0.15, 0.2) is 29.2 Å². The number of phenolic OH excluding ortho intramolecular Hbond substituents is 1. The zero-order valence-corrected chi connectivity index (χ0v) is 11.6. The van der Waals surface area contributed by atoms with Crippen LogP contribution in [-0.2, 0) is 23.5 Å². The van der Waals surface area contributed by atoms with Gasteiger partial charge in [0.25, 0.3) is 0 Å². The summed E-state index contributed by atoms with van der Waals surface area (Å²) in [6, 6.07) is 7.07. The third-order valence-electron chi connectivity index (χ3n) is 1.09. The maximum atomic E-state index is 9.15. The van der Waals surface area contributed by atoms with E-state index in [9.17, 15) is 0 Å². The summed E-state index contributed by atoms with van der Waals surface area (Å²) < 4.78 is 8.72. The van der Waals surface area contributed by atoms with E-state index in [-0.39, 0.29) is 5.75 Å². The Bertz CT molecular complexity index is 217. The van der Waals surface area contributed by atoms with E-state index in [2.05, 4.69) is 0 Å². The van der Waals surface area contributed by atoms with E-state index < -0.39 is 23.5 Å². The van der Waals surface area contributed by atoms with Gasteiger partial charge < -0.3 is 0 Å². The first-order valence-electron chi connectivity index (χ1n) is 2.86. The summed E-state index contributed by atoms with van der Waals surface area (Å²) in [5.74, 6) is 0.279. The molecule has 0 heterocycles. The molecule has 0 spiro atoms. The van der Waals surface area contributed by atoms with Crippen molar-refractivity contribution in [2.45, 2.75) is 4.90 Å². The van der Waals surface area contributed by atoms with Crippen molar-refractivity contribution in [2.24, 2.45) is 0 Å². The standard InChI is InChI=1S/C6H6OS.Hg.H2O/c7-5-3-1-2-4-6(5)8;;/h1-4,7-8H;;1H2/q;+2;/p-2. The SMILES string of the molecule is [OH][Hg][S]c1ccccc1O. The maximum absolute atomic E-state index is 9.15. The number of hydrogen-bond donors (Lipinski definition) is 2. The predicted molar refractivity (Wildman–Crippen MR) is 36.2 cm³/mol. The molecule has 1 aromatic carbocycles. The molecule has 0 saturated heterocycles. The zero-order chi connectivity index (χ0) is 7.40. The number of rotatable bonds is 2. The summed E-state index contributed by atoms with van der Waals surface area (Å²) >= 11 is -1.68. The Balaban J connectivity index is 2.81. The van der Waals surface area contributed by atoms with Crippen LogP contribution in [0.4, 0.5) is 0 Å². The van der Waals surface area contributed by atoms with E-state index >= 15 is 0 Å². The third-order valence-corrected chi connectivity index (χ3v) is 7.00. The summed E-state index contributed by atoms with van der Waals surface area (Å²) in [5, 5.41) is 9.15. The first kappa shape index (κ1) is 8.36. The molecule has 0 aliphatic heterocycles. The van der Waals surface area contributed by atoms with Crippen molar-refractivity contribution in [3.05, 3.63) is 24.3 Å². The number of phenols is 1. The van der Waals surface area contributed by atoms with E-state index in [4.69, 9.17) is 8.12 Å². The monoisotopic (exact) mass is 344 g/mol. The van der Waals surface area contributed by atoms with Gasteiger partial charge in [0.2, 0.25) is 0 Å². The van der Waals surface area contributed by atoms with Gasteiger partial charge in [-0.15, -0.1) is 0 Å². The summed E-state index contributed by atoms with van der Waals surface area (Å²) in [7, 11) is 1.43. The van der Waals surface area contributed by atoms with Crippen LogP contribution in [0, 0.1) is 0 Å². The van der Waals surface area contributed by atoms with Gasteiger partial charge in [0.1, 0.15) is 0 Å². The average molecular weight is 343 g/mol. The number of aromatic hydroxyl groups is 1. The van der Waals surface area contributed by atoms with Gasteiger partial charge in [-0.3, -0.25) is 0 Å². The van der Waals surface area contributed by atoms with Gasteiger partial charge in [0.15, 0.2) is 0 Å². The normalized spacial score (nSPS) is 8.90. The van der Waals surface area contributed by atoms with Gasteiger partial charge in [-0.2, -0.15) is 0 Å². The van der Waals surface area contributed by atoms with Crippen LogP contribution in [0.1, 0.15) is 0 Å². The fraction of sp³-hybridized carbons (Fsp3) is 0. The molecule has 0 aromatic heterocycles. The van der Waals surface area contributed by atoms with Gasteiger partial charge in [-0.1, -0.05) is 0 Å². The topological polar surface area (TPSA) is 40.5 Å². The Hall–Kier alpha value is 0.265. The Morgan fingerprint density at radius 2 is 2.00 bits per heavy atom. The molecule has 0 radical (unpaired) electrons. The van der Waals surface area contributed by atoms with E-state index in [0.717, 1.165) is 4.90 Å². The molecule has 0 aliphatic rings. The van der Waals surface area contributed by atoms with Gasteiger partial charge in [-0.25, -0.2) is 0 Å². The Morgan fingerprint density at radius 3 is 2.60 bits per heavy atom. The van der Waals surface area contributed by atoms with Crippen LogP contribution in [0.5, 0.6) is 5.75 Å². The van der Waals surface area contributed by atoms with Crippen LogP contribution in [0.25, 0.3) is 0 Å². The fourth-order valence-electron chi connectivity index (χ4n) is 0.649. The second kappa shape index (κ2) is 4.21. The van der Waals surface area contributed by atoms with Crippen molar-refractivity contribution >= 4 is 8.24 Å². The summed E-state index contributed by atoms with van der Waals surface area (Å²) in [6.07, 6.45) is 0. The first-order valence-corrected chi connectivity index (χ1v) is 13.0. The number of para-hydroxylation sites is 1. The summed E-state index contributed by atoms with van der Waals surface area (Å²) in [5.41, 5.74) is 0. The Kier molecular flexibility index (Phi) is 3.52. The van der Waals surface area contributed by atoms with E-state index in [0.29, 0.717) is 0 Å². The van der Waals surface area contributed by atoms with E-state index in [1.165, 1.54) is 8.24 Å². The van der Waals surface area contributed by atoms with Crippen LogP contribution in [0.2, 0.25) is 0 Å². The van der Waals surface area contributed by atoms with Crippen LogP contribution in [0.3, 0.4) is 0 Å². The molecule has 10 heavy (non-hydrogen) atoms. The Labute approximate surface area is 74.5 Å². The molecule has 2 nitrogen and oxygen atoms in total. The molecule has 2 N–H and O–H groups in total. The minimum atomic E-state index is -1.68. The van der Waals surface area contributed by atoms with Gasteiger partial charge in [0, 0.05) is 0 Å². The van der Waals surface area contributed by atoms with Crippen LogP contribution >= 0.6 is 8.24 Å². The minimum absolute atomic E-state index is 0.279. The van der Waals surface area contributed by atoms with Gasteiger partial charge >= 0.3 is 74.8 Å². The second-order valence-corrected chi connectivity index (χ2v) is 9.11. The molecular weight excluding hydrogens is 337 g/mol. The third kappa shape index (κ3) is 2.14. The first-order chi connectivity index (χ1) is 4.84. The zero-order valence-electron chi connectivity index (χ0n) is 5.32.